The molecule has 2 rings (SSSR count). The molecule has 0 aliphatic heterocycles. The Hall–Kier alpha value is -1.95. The van der Waals surface area contributed by atoms with E-state index in [1.54, 1.807) is 24.3 Å². The highest BCUT2D eigenvalue weighted by Gasteiger charge is 2.60. The predicted molar refractivity (Wildman–Crippen MR) is 67.7 cm³/mol. The van der Waals surface area contributed by atoms with E-state index in [9.17, 15) is 9.59 Å². The Morgan fingerprint density at radius 3 is 2.58 bits per heavy atom. The first-order valence-electron chi connectivity index (χ1n) is 5.59. The Balaban J connectivity index is 2.24. The summed E-state index contributed by atoms with van der Waals surface area (Å²) in [5.74, 6) is 0. The fourth-order valence-electron chi connectivity index (χ4n) is 2.14. The molecule has 102 valence electrons. The van der Waals surface area contributed by atoms with Gasteiger partial charge in [-0.05, 0) is 11.6 Å². The lowest BCUT2D eigenvalue weighted by atomic mass is 9.96. The van der Waals surface area contributed by atoms with Crippen LogP contribution in [0.1, 0.15) is 12.0 Å². The van der Waals surface area contributed by atoms with Crippen LogP contribution in [0.15, 0.2) is 24.3 Å². The summed E-state index contributed by atoms with van der Waals surface area (Å²) < 4.78 is 9.81. The van der Waals surface area contributed by atoms with E-state index >= 15 is 0 Å². The van der Waals surface area contributed by atoms with Crippen molar-refractivity contribution in [1.82, 2.24) is 0 Å². The molecule has 1 fully saturated rings. The number of halogens is 1. The van der Waals surface area contributed by atoms with Crippen LogP contribution in [0, 0.1) is 0 Å². The Morgan fingerprint density at radius 2 is 2.00 bits per heavy atom. The summed E-state index contributed by atoms with van der Waals surface area (Å²) in [7, 11) is 0. The number of benzene rings is 1. The van der Waals surface area contributed by atoms with Crippen LogP contribution in [0.5, 0.6) is 0 Å². The lowest BCUT2D eigenvalue weighted by molar-refractivity contribution is 0.114. The summed E-state index contributed by atoms with van der Waals surface area (Å²) in [6.45, 7) is -0.00991. The van der Waals surface area contributed by atoms with Gasteiger partial charge in [0.05, 0.1) is 5.41 Å². The molecule has 1 unspecified atom stereocenters. The summed E-state index contributed by atoms with van der Waals surface area (Å²) in [6, 6.07) is 7.08. The van der Waals surface area contributed by atoms with Gasteiger partial charge in [0, 0.05) is 11.4 Å². The lowest BCUT2D eigenvalue weighted by Crippen LogP contribution is -2.28. The average molecular weight is 285 g/mol. The Bertz CT molecular complexity index is 522. The standard InChI is InChI=1S/C12H13ClN2O4/c13-8-4-2-1-3-7(8)12(6-18-10(14)16)5-9(12)19-11(15)17/h1-4,9H,5-6H2,(H2,14,16)(H2,15,17)/t9?,12-/m1/s1. The minimum absolute atomic E-state index is 0.00991. The summed E-state index contributed by atoms with van der Waals surface area (Å²) in [5.41, 5.74) is 10.0. The van der Waals surface area contributed by atoms with E-state index in [-0.39, 0.29) is 6.61 Å². The van der Waals surface area contributed by atoms with Crippen molar-refractivity contribution >= 4 is 23.8 Å². The lowest BCUT2D eigenvalue weighted by Gasteiger charge is -2.18. The minimum atomic E-state index is -0.892. The van der Waals surface area contributed by atoms with E-state index in [0.717, 1.165) is 5.56 Å². The molecule has 19 heavy (non-hydrogen) atoms. The van der Waals surface area contributed by atoms with Crippen LogP contribution in [0.25, 0.3) is 0 Å². The fourth-order valence-corrected chi connectivity index (χ4v) is 2.47. The predicted octanol–water partition coefficient (Wildman–Crippen LogP) is 1.54. The quantitative estimate of drug-likeness (QED) is 0.875. The zero-order valence-corrected chi connectivity index (χ0v) is 10.7. The summed E-state index contributed by atoms with van der Waals surface area (Å²) in [5, 5.41) is 0.506. The van der Waals surface area contributed by atoms with Gasteiger partial charge >= 0.3 is 12.2 Å². The van der Waals surface area contributed by atoms with Gasteiger partial charge in [0.25, 0.3) is 0 Å². The minimum Gasteiger partial charge on any atom is -0.449 e. The molecule has 0 saturated heterocycles. The fraction of sp³-hybridized carbons (Fsp3) is 0.333. The number of carbonyl (C=O) groups excluding carboxylic acids is 2. The molecule has 4 N–H and O–H groups in total. The highest BCUT2D eigenvalue weighted by atomic mass is 35.5. The van der Waals surface area contributed by atoms with Crippen molar-refractivity contribution in [3.8, 4) is 0 Å². The van der Waals surface area contributed by atoms with Gasteiger partial charge in [0.2, 0.25) is 0 Å². The number of primary amides is 2. The molecule has 1 saturated carbocycles. The van der Waals surface area contributed by atoms with Crippen LogP contribution in [-0.2, 0) is 14.9 Å². The number of nitrogens with two attached hydrogens (primary N) is 2. The van der Waals surface area contributed by atoms with Gasteiger partial charge in [-0.2, -0.15) is 0 Å². The van der Waals surface area contributed by atoms with Gasteiger partial charge in [0.15, 0.2) is 0 Å². The van der Waals surface area contributed by atoms with Crippen molar-refractivity contribution in [2.24, 2.45) is 11.5 Å². The summed E-state index contributed by atoms with van der Waals surface area (Å²) in [6.07, 6.45) is -1.76. The zero-order chi connectivity index (χ0) is 14.0. The number of hydrogen-bond acceptors (Lipinski definition) is 4. The van der Waals surface area contributed by atoms with Crippen LogP contribution in [0.3, 0.4) is 0 Å². The third-order valence-corrected chi connectivity index (χ3v) is 3.48. The highest BCUT2D eigenvalue weighted by Crippen LogP contribution is 2.52. The molecule has 1 aromatic rings. The van der Waals surface area contributed by atoms with Gasteiger partial charge < -0.3 is 20.9 Å². The Kier molecular flexibility index (Phi) is 3.53. The van der Waals surface area contributed by atoms with Crippen LogP contribution >= 0.6 is 11.6 Å². The normalized spacial score (nSPS) is 24.6. The largest absolute Gasteiger partial charge is 0.449 e. The molecule has 6 nitrogen and oxygen atoms in total. The molecule has 0 spiro atoms. The molecule has 0 heterocycles. The second-order valence-corrected chi connectivity index (χ2v) is 4.78. The van der Waals surface area contributed by atoms with E-state index in [1.165, 1.54) is 0 Å². The number of hydrogen-bond donors (Lipinski definition) is 2. The molecule has 1 aromatic carbocycles. The van der Waals surface area contributed by atoms with Crippen molar-refractivity contribution in [2.45, 2.75) is 17.9 Å². The first-order chi connectivity index (χ1) is 8.95. The summed E-state index contributed by atoms with van der Waals surface area (Å²) >= 11 is 6.12. The first kappa shape index (κ1) is 13.5. The molecule has 0 radical (unpaired) electrons. The molecule has 1 aliphatic carbocycles. The third kappa shape index (κ3) is 2.73. The molecule has 1 aliphatic rings. The molecular weight excluding hydrogens is 272 g/mol. The van der Waals surface area contributed by atoms with Crippen molar-refractivity contribution < 1.29 is 19.1 Å². The monoisotopic (exact) mass is 284 g/mol. The number of carbonyl (C=O) groups is 2. The van der Waals surface area contributed by atoms with E-state index in [1.807, 2.05) is 0 Å². The SMILES string of the molecule is NC(=O)OC[C@@]1(c2ccccc2Cl)CC1OC(N)=O. The van der Waals surface area contributed by atoms with Gasteiger partial charge in [0.1, 0.15) is 12.7 Å². The third-order valence-electron chi connectivity index (χ3n) is 3.15. The van der Waals surface area contributed by atoms with Gasteiger partial charge in [-0.3, -0.25) is 0 Å². The Labute approximate surface area is 114 Å². The van der Waals surface area contributed by atoms with Crippen LogP contribution in [0.2, 0.25) is 5.02 Å². The summed E-state index contributed by atoms with van der Waals surface area (Å²) in [4.78, 5) is 21.6. The van der Waals surface area contributed by atoms with Gasteiger partial charge in [-0.25, -0.2) is 9.59 Å². The van der Waals surface area contributed by atoms with Crippen LogP contribution in [0.4, 0.5) is 9.59 Å². The number of ether oxygens (including phenoxy) is 2. The second kappa shape index (κ2) is 4.97. The van der Waals surface area contributed by atoms with Crippen molar-refractivity contribution in [3.05, 3.63) is 34.9 Å². The van der Waals surface area contributed by atoms with Gasteiger partial charge in [-0.1, -0.05) is 29.8 Å². The average Bonchev–Trinajstić information content (AvgIpc) is 3.00. The van der Waals surface area contributed by atoms with Crippen molar-refractivity contribution in [1.29, 1.82) is 0 Å². The maximum atomic E-state index is 10.8. The Morgan fingerprint density at radius 1 is 1.32 bits per heavy atom. The molecular formula is C12H13ClN2O4. The van der Waals surface area contributed by atoms with E-state index in [4.69, 9.17) is 32.5 Å². The van der Waals surface area contributed by atoms with Crippen molar-refractivity contribution in [2.75, 3.05) is 6.61 Å². The van der Waals surface area contributed by atoms with Crippen molar-refractivity contribution in [3.63, 3.8) is 0 Å². The van der Waals surface area contributed by atoms with E-state index in [0.29, 0.717) is 11.4 Å². The van der Waals surface area contributed by atoms with Gasteiger partial charge in [-0.15, -0.1) is 0 Å². The van der Waals surface area contributed by atoms with E-state index < -0.39 is 23.7 Å². The second-order valence-electron chi connectivity index (χ2n) is 4.37. The molecule has 2 atom stereocenters. The smallest absolute Gasteiger partial charge is 0.404 e. The first-order valence-corrected chi connectivity index (χ1v) is 5.97. The number of amides is 2. The maximum absolute atomic E-state index is 10.8. The topological polar surface area (TPSA) is 105 Å². The van der Waals surface area contributed by atoms with Crippen LogP contribution in [-0.4, -0.2) is 24.9 Å². The molecule has 2 amide bonds. The molecule has 0 aromatic heterocycles. The molecule has 0 bridgehead atoms. The number of rotatable bonds is 4. The highest BCUT2D eigenvalue weighted by molar-refractivity contribution is 6.31. The van der Waals surface area contributed by atoms with E-state index in [2.05, 4.69) is 0 Å². The zero-order valence-electron chi connectivity index (χ0n) is 9.97. The molecule has 7 heteroatoms. The maximum Gasteiger partial charge on any atom is 0.404 e. The van der Waals surface area contributed by atoms with Crippen LogP contribution < -0.4 is 11.5 Å².